The Kier molecular flexibility index (Phi) is 2.13. The molecule has 1 aliphatic heterocycles. The van der Waals surface area contributed by atoms with Crippen LogP contribution in [0.4, 0.5) is 8.78 Å². The molecule has 11 heavy (non-hydrogen) atoms. The summed E-state index contributed by atoms with van der Waals surface area (Å²) in [6, 6.07) is -1.29. The van der Waals surface area contributed by atoms with Crippen molar-refractivity contribution in [3.05, 3.63) is 11.8 Å². The van der Waals surface area contributed by atoms with Crippen molar-refractivity contribution in [1.29, 1.82) is 0 Å². The van der Waals surface area contributed by atoms with Gasteiger partial charge in [0.05, 0.1) is 6.61 Å². The molecule has 1 atom stereocenters. The van der Waals surface area contributed by atoms with Gasteiger partial charge in [-0.15, -0.1) is 0 Å². The van der Waals surface area contributed by atoms with Gasteiger partial charge in [-0.2, -0.15) is 0 Å². The highest BCUT2D eigenvalue weighted by atomic mass is 19.3. The van der Waals surface area contributed by atoms with Crippen molar-refractivity contribution >= 4 is 0 Å². The molecule has 0 aromatic heterocycles. The zero-order valence-corrected chi connectivity index (χ0v) is 6.31. The highest BCUT2D eigenvalue weighted by molar-refractivity contribution is 5.09. The van der Waals surface area contributed by atoms with Gasteiger partial charge in [0.1, 0.15) is 11.8 Å². The first-order valence-electron chi connectivity index (χ1n) is 3.48. The first-order valence-corrected chi connectivity index (χ1v) is 3.48. The van der Waals surface area contributed by atoms with Crippen molar-refractivity contribution < 1.29 is 13.5 Å². The maximum atomic E-state index is 12.5. The molecule has 0 amide bonds. The van der Waals surface area contributed by atoms with Crippen LogP contribution in [0.1, 0.15) is 13.3 Å². The van der Waals surface area contributed by atoms with Crippen molar-refractivity contribution in [1.82, 2.24) is 0 Å². The van der Waals surface area contributed by atoms with Crippen molar-refractivity contribution in [3.63, 3.8) is 0 Å². The largest absolute Gasteiger partial charge is 0.496 e. The lowest BCUT2D eigenvalue weighted by Crippen LogP contribution is -2.40. The molecule has 0 saturated heterocycles. The quantitative estimate of drug-likeness (QED) is 0.665. The van der Waals surface area contributed by atoms with E-state index in [9.17, 15) is 8.78 Å². The van der Waals surface area contributed by atoms with Crippen LogP contribution in [-0.2, 0) is 4.74 Å². The van der Waals surface area contributed by atoms with Crippen LogP contribution in [0.3, 0.4) is 0 Å². The van der Waals surface area contributed by atoms with E-state index in [4.69, 9.17) is 10.5 Å². The zero-order valence-electron chi connectivity index (χ0n) is 6.31. The summed E-state index contributed by atoms with van der Waals surface area (Å²) in [4.78, 5) is 0. The SMILES string of the molecule is CC(F)(F)C(N)C1=CCCO1. The van der Waals surface area contributed by atoms with Crippen LogP contribution >= 0.6 is 0 Å². The number of ether oxygens (including phenoxy) is 1. The lowest BCUT2D eigenvalue weighted by atomic mass is 10.1. The molecule has 1 heterocycles. The number of nitrogens with two attached hydrogens (primary N) is 1. The Morgan fingerprint density at radius 3 is 2.73 bits per heavy atom. The van der Waals surface area contributed by atoms with E-state index in [0.29, 0.717) is 13.0 Å². The maximum Gasteiger partial charge on any atom is 0.267 e. The van der Waals surface area contributed by atoms with Gasteiger partial charge in [-0.25, -0.2) is 8.78 Å². The van der Waals surface area contributed by atoms with Gasteiger partial charge in [0, 0.05) is 13.3 Å². The van der Waals surface area contributed by atoms with Gasteiger partial charge in [-0.1, -0.05) is 0 Å². The van der Waals surface area contributed by atoms with Gasteiger partial charge >= 0.3 is 0 Å². The molecule has 0 bridgehead atoms. The van der Waals surface area contributed by atoms with Crippen molar-refractivity contribution in [2.75, 3.05) is 6.61 Å². The van der Waals surface area contributed by atoms with Gasteiger partial charge in [-0.05, 0) is 6.08 Å². The van der Waals surface area contributed by atoms with E-state index in [1.807, 2.05) is 0 Å². The highest BCUT2D eigenvalue weighted by Gasteiger charge is 2.35. The Labute approximate surface area is 64.0 Å². The lowest BCUT2D eigenvalue weighted by molar-refractivity contribution is -0.00951. The van der Waals surface area contributed by atoms with Gasteiger partial charge in [0.2, 0.25) is 0 Å². The Morgan fingerprint density at radius 1 is 1.73 bits per heavy atom. The van der Waals surface area contributed by atoms with E-state index in [2.05, 4.69) is 0 Å². The monoisotopic (exact) mass is 163 g/mol. The van der Waals surface area contributed by atoms with E-state index in [0.717, 1.165) is 6.92 Å². The molecule has 0 aromatic rings. The highest BCUT2D eigenvalue weighted by Crippen LogP contribution is 2.24. The minimum Gasteiger partial charge on any atom is -0.496 e. The molecule has 0 aromatic carbocycles. The summed E-state index contributed by atoms with van der Waals surface area (Å²) in [5, 5.41) is 0. The topological polar surface area (TPSA) is 35.2 Å². The van der Waals surface area contributed by atoms with E-state index in [1.54, 1.807) is 6.08 Å². The summed E-state index contributed by atoms with van der Waals surface area (Å²) in [6.45, 7) is 1.26. The predicted molar refractivity (Wildman–Crippen MR) is 37.2 cm³/mol. The standard InChI is InChI=1S/C7H11F2NO/c1-7(8,9)6(10)5-3-2-4-11-5/h3,6H,2,4,10H2,1H3. The first kappa shape index (κ1) is 8.46. The molecule has 0 radical (unpaired) electrons. The second kappa shape index (κ2) is 2.77. The molecule has 1 aliphatic rings. The Balaban J connectivity index is 2.60. The van der Waals surface area contributed by atoms with Crippen molar-refractivity contribution in [2.24, 2.45) is 5.73 Å². The Bertz CT molecular complexity index is 174. The third-order valence-corrected chi connectivity index (χ3v) is 1.58. The zero-order chi connectivity index (χ0) is 8.48. The average Bonchev–Trinajstić information content (AvgIpc) is 2.34. The molecule has 0 saturated carbocycles. The summed E-state index contributed by atoms with van der Waals surface area (Å²) in [7, 11) is 0. The molecule has 0 spiro atoms. The average molecular weight is 163 g/mol. The predicted octanol–water partition coefficient (Wildman–Crippen LogP) is 1.27. The third-order valence-electron chi connectivity index (χ3n) is 1.58. The second-order valence-electron chi connectivity index (χ2n) is 2.68. The van der Waals surface area contributed by atoms with E-state index in [-0.39, 0.29) is 5.76 Å². The molecule has 0 fully saturated rings. The van der Waals surface area contributed by atoms with Gasteiger partial charge < -0.3 is 10.5 Å². The number of hydrogen-bond donors (Lipinski definition) is 1. The molecule has 2 N–H and O–H groups in total. The second-order valence-corrected chi connectivity index (χ2v) is 2.68. The summed E-state index contributed by atoms with van der Waals surface area (Å²) in [5.41, 5.74) is 5.21. The minimum absolute atomic E-state index is 0.220. The summed E-state index contributed by atoms with van der Waals surface area (Å²) < 4.78 is 29.9. The van der Waals surface area contributed by atoms with Crippen LogP contribution < -0.4 is 5.73 Å². The van der Waals surface area contributed by atoms with Crippen LogP contribution in [0.2, 0.25) is 0 Å². The minimum atomic E-state index is -2.89. The molecule has 0 aliphatic carbocycles. The fourth-order valence-corrected chi connectivity index (χ4v) is 0.903. The number of halogens is 2. The van der Waals surface area contributed by atoms with Crippen molar-refractivity contribution in [3.8, 4) is 0 Å². The first-order chi connectivity index (χ1) is 5.02. The summed E-state index contributed by atoms with van der Waals surface area (Å²) in [6.07, 6.45) is 2.29. The fourth-order valence-electron chi connectivity index (χ4n) is 0.903. The van der Waals surface area contributed by atoms with Crippen LogP contribution in [0.15, 0.2) is 11.8 Å². The van der Waals surface area contributed by atoms with Crippen LogP contribution in [-0.4, -0.2) is 18.6 Å². The van der Waals surface area contributed by atoms with Gasteiger partial charge in [-0.3, -0.25) is 0 Å². The summed E-state index contributed by atoms with van der Waals surface area (Å²) in [5.74, 6) is -2.67. The Hall–Kier alpha value is -0.640. The Morgan fingerprint density at radius 2 is 2.36 bits per heavy atom. The van der Waals surface area contributed by atoms with E-state index < -0.39 is 12.0 Å². The van der Waals surface area contributed by atoms with E-state index in [1.165, 1.54) is 0 Å². The van der Waals surface area contributed by atoms with Crippen LogP contribution in [0.25, 0.3) is 0 Å². The number of rotatable bonds is 2. The van der Waals surface area contributed by atoms with Crippen molar-refractivity contribution in [2.45, 2.75) is 25.3 Å². The van der Waals surface area contributed by atoms with Gasteiger partial charge in [0.15, 0.2) is 0 Å². The molecule has 64 valence electrons. The third kappa shape index (κ3) is 1.89. The smallest absolute Gasteiger partial charge is 0.267 e. The maximum absolute atomic E-state index is 12.5. The molecule has 4 heteroatoms. The molecule has 1 rings (SSSR count). The van der Waals surface area contributed by atoms with Gasteiger partial charge in [0.25, 0.3) is 5.92 Å². The lowest BCUT2D eigenvalue weighted by Gasteiger charge is -2.19. The molecule has 2 nitrogen and oxygen atoms in total. The number of alkyl halides is 2. The fraction of sp³-hybridized carbons (Fsp3) is 0.714. The summed E-state index contributed by atoms with van der Waals surface area (Å²) >= 11 is 0. The van der Waals surface area contributed by atoms with E-state index >= 15 is 0 Å². The van der Waals surface area contributed by atoms with Crippen LogP contribution in [0.5, 0.6) is 0 Å². The normalized spacial score (nSPS) is 20.9. The molecular formula is C7H11F2NO. The molecular weight excluding hydrogens is 152 g/mol. The molecule has 1 unspecified atom stereocenters. The van der Waals surface area contributed by atoms with Crippen LogP contribution in [0, 0.1) is 0 Å². The number of hydrogen-bond acceptors (Lipinski definition) is 2.